The Hall–Kier alpha value is -3.92. The summed E-state index contributed by atoms with van der Waals surface area (Å²) in [5.41, 5.74) is 5.17. The Kier molecular flexibility index (Phi) is 7.17. The number of para-hydroxylation sites is 1. The molecule has 0 saturated carbocycles. The fraction of sp³-hybridized carbons (Fsp3) is 0.111. The predicted molar refractivity (Wildman–Crippen MR) is 125 cm³/mol. The molecule has 0 fully saturated rings. The Morgan fingerprint density at radius 2 is 1.35 bits per heavy atom. The van der Waals surface area contributed by atoms with Crippen LogP contribution in [0.15, 0.2) is 104 Å². The van der Waals surface area contributed by atoms with Crippen molar-refractivity contribution in [3.8, 4) is 0 Å². The van der Waals surface area contributed by atoms with Gasteiger partial charge in [0.05, 0.1) is 0 Å². The summed E-state index contributed by atoms with van der Waals surface area (Å²) in [5.74, 6) is -0.402. The minimum Gasteiger partial charge on any atom is -0.457 e. The summed E-state index contributed by atoms with van der Waals surface area (Å²) in [6.07, 6.45) is 1.69. The van der Waals surface area contributed by atoms with Crippen molar-refractivity contribution in [1.29, 1.82) is 0 Å². The molecule has 0 bridgehead atoms. The van der Waals surface area contributed by atoms with E-state index in [2.05, 4.69) is 18.1 Å². The molecule has 0 unspecified atom stereocenters. The number of anilines is 3. The van der Waals surface area contributed by atoms with Crippen molar-refractivity contribution < 1.29 is 14.3 Å². The highest BCUT2D eigenvalue weighted by atomic mass is 16.5. The molecule has 0 aromatic heterocycles. The van der Waals surface area contributed by atoms with Crippen LogP contribution in [0.5, 0.6) is 0 Å². The van der Waals surface area contributed by atoms with Gasteiger partial charge in [-0.25, -0.2) is 4.79 Å². The summed E-state index contributed by atoms with van der Waals surface area (Å²) in [6, 6.07) is 25.8. The van der Waals surface area contributed by atoms with Crippen LogP contribution in [0.2, 0.25) is 0 Å². The molecule has 0 saturated heterocycles. The van der Waals surface area contributed by atoms with Crippen LogP contribution in [-0.2, 0) is 27.4 Å². The lowest BCUT2D eigenvalue weighted by molar-refractivity contribution is -0.140. The number of esters is 1. The van der Waals surface area contributed by atoms with Gasteiger partial charge >= 0.3 is 5.97 Å². The van der Waals surface area contributed by atoms with Gasteiger partial charge in [-0.05, 0) is 60.5 Å². The number of ether oxygens (including phenoxy) is 1. The highest BCUT2D eigenvalue weighted by Gasteiger charge is 2.13. The van der Waals surface area contributed by atoms with E-state index in [1.165, 1.54) is 6.08 Å². The van der Waals surface area contributed by atoms with Crippen LogP contribution in [0, 0.1) is 0 Å². The molecule has 0 radical (unpaired) electrons. The highest BCUT2D eigenvalue weighted by molar-refractivity contribution is 5.91. The molecule has 0 amide bonds. The van der Waals surface area contributed by atoms with Crippen molar-refractivity contribution in [3.05, 3.63) is 115 Å². The van der Waals surface area contributed by atoms with Gasteiger partial charge in [0.25, 0.3) is 0 Å². The summed E-state index contributed by atoms with van der Waals surface area (Å²) in [7, 11) is 0. The number of carbonyl (C=O) groups is 2. The first kappa shape index (κ1) is 21.8. The van der Waals surface area contributed by atoms with E-state index in [1.54, 1.807) is 6.92 Å². The van der Waals surface area contributed by atoms with Gasteiger partial charge in [-0.15, -0.1) is 0 Å². The quantitative estimate of drug-likeness (QED) is 0.316. The summed E-state index contributed by atoms with van der Waals surface area (Å²) >= 11 is 0. The lowest BCUT2D eigenvalue weighted by Crippen LogP contribution is -2.10. The van der Waals surface area contributed by atoms with Crippen LogP contribution >= 0.6 is 0 Å². The highest BCUT2D eigenvalue weighted by Crippen LogP contribution is 2.34. The van der Waals surface area contributed by atoms with Gasteiger partial charge < -0.3 is 9.64 Å². The van der Waals surface area contributed by atoms with Crippen molar-refractivity contribution in [3.63, 3.8) is 0 Å². The van der Waals surface area contributed by atoms with E-state index < -0.39 is 5.97 Å². The molecular formula is C27H25NO3. The van der Waals surface area contributed by atoms with Gasteiger partial charge in [0.1, 0.15) is 6.61 Å². The van der Waals surface area contributed by atoms with Gasteiger partial charge in [-0.3, -0.25) is 4.79 Å². The number of hydrogen-bond donors (Lipinski definition) is 0. The fourth-order valence-corrected chi connectivity index (χ4v) is 3.07. The van der Waals surface area contributed by atoms with Crippen molar-refractivity contribution in [1.82, 2.24) is 0 Å². The third-order valence-electron chi connectivity index (χ3n) is 4.73. The number of benzene rings is 3. The third kappa shape index (κ3) is 5.80. The number of carbonyl (C=O) groups excluding carboxylic acids is 2. The maximum absolute atomic E-state index is 11.6. The number of nitrogens with zero attached hydrogens (tertiary/aromatic N) is 1. The van der Waals surface area contributed by atoms with Crippen molar-refractivity contribution >= 4 is 28.8 Å². The Morgan fingerprint density at radius 1 is 0.839 bits per heavy atom. The zero-order chi connectivity index (χ0) is 22.2. The number of ketones is 1. The normalized spacial score (nSPS) is 10.2. The summed E-state index contributed by atoms with van der Waals surface area (Å²) in [4.78, 5) is 25.4. The van der Waals surface area contributed by atoms with Crippen molar-refractivity contribution in [2.45, 2.75) is 20.0 Å². The predicted octanol–water partition coefficient (Wildman–Crippen LogP) is 6.07. The molecule has 0 atom stereocenters. The van der Waals surface area contributed by atoms with Gasteiger partial charge in [0.2, 0.25) is 0 Å². The van der Waals surface area contributed by atoms with E-state index >= 15 is 0 Å². The molecule has 0 aliphatic heterocycles. The smallest absolute Gasteiger partial charge is 0.333 e. The van der Waals surface area contributed by atoms with Crippen molar-refractivity contribution in [2.24, 2.45) is 0 Å². The Balaban J connectivity index is 1.86. The summed E-state index contributed by atoms with van der Waals surface area (Å²) in [6.45, 7) is 8.95. The maximum atomic E-state index is 11.6. The van der Waals surface area contributed by atoms with Gasteiger partial charge in [-0.2, -0.15) is 0 Å². The zero-order valence-corrected chi connectivity index (χ0v) is 17.6. The van der Waals surface area contributed by atoms with Crippen LogP contribution in [0.3, 0.4) is 0 Å². The second-order valence-electron chi connectivity index (χ2n) is 7.21. The zero-order valence-electron chi connectivity index (χ0n) is 17.6. The lowest BCUT2D eigenvalue weighted by atomic mass is 10.1. The standard InChI is InChI=1S/C27H25NO3/c1-4-26(29)18-21-10-14-24(15-11-21)28(23-8-6-5-7-9-23)25-16-12-22(13-17-25)19-31-27(30)20(2)3/h4-17H,1-2,18-19H2,3H3. The second kappa shape index (κ2) is 10.2. The lowest BCUT2D eigenvalue weighted by Gasteiger charge is -2.25. The minimum absolute atomic E-state index is 0.00407. The van der Waals surface area contributed by atoms with E-state index in [1.807, 2.05) is 78.9 Å². The first-order valence-corrected chi connectivity index (χ1v) is 9.99. The molecule has 0 aliphatic rings. The summed E-state index contributed by atoms with van der Waals surface area (Å²) in [5, 5.41) is 0. The molecule has 0 N–H and O–H groups in total. The molecule has 4 nitrogen and oxygen atoms in total. The van der Waals surface area contributed by atoms with E-state index in [4.69, 9.17) is 4.74 Å². The molecule has 3 aromatic carbocycles. The van der Waals surface area contributed by atoms with E-state index in [9.17, 15) is 9.59 Å². The van der Waals surface area contributed by atoms with Crippen LogP contribution in [0.1, 0.15) is 18.1 Å². The molecule has 31 heavy (non-hydrogen) atoms. The molecule has 0 heterocycles. The van der Waals surface area contributed by atoms with Crippen molar-refractivity contribution in [2.75, 3.05) is 4.90 Å². The van der Waals surface area contributed by atoms with Gasteiger partial charge in [0, 0.05) is 29.1 Å². The molecule has 3 rings (SSSR count). The van der Waals surface area contributed by atoms with Gasteiger partial charge in [0.15, 0.2) is 5.78 Å². The monoisotopic (exact) mass is 411 g/mol. The number of rotatable bonds is 9. The molecule has 4 heteroatoms. The van der Waals surface area contributed by atoms with Gasteiger partial charge in [-0.1, -0.05) is 55.6 Å². The molecule has 3 aromatic rings. The van der Waals surface area contributed by atoms with E-state index in [0.29, 0.717) is 12.0 Å². The molecule has 156 valence electrons. The second-order valence-corrected chi connectivity index (χ2v) is 7.21. The molecular weight excluding hydrogens is 386 g/mol. The third-order valence-corrected chi connectivity index (χ3v) is 4.73. The van der Waals surface area contributed by atoms with E-state index in [0.717, 1.165) is 28.2 Å². The maximum Gasteiger partial charge on any atom is 0.333 e. The van der Waals surface area contributed by atoms with Crippen LogP contribution in [0.4, 0.5) is 17.1 Å². The first-order valence-electron chi connectivity index (χ1n) is 9.99. The largest absolute Gasteiger partial charge is 0.457 e. The topological polar surface area (TPSA) is 46.6 Å². The Bertz CT molecular complexity index is 1070. The summed E-state index contributed by atoms with van der Waals surface area (Å²) < 4.78 is 5.23. The Labute approximate surface area is 183 Å². The molecule has 0 spiro atoms. The Morgan fingerprint density at radius 3 is 1.87 bits per heavy atom. The number of hydrogen-bond acceptors (Lipinski definition) is 4. The van der Waals surface area contributed by atoms with Crippen LogP contribution in [-0.4, -0.2) is 11.8 Å². The van der Waals surface area contributed by atoms with E-state index in [-0.39, 0.29) is 12.4 Å². The first-order chi connectivity index (χ1) is 15.0. The minimum atomic E-state index is -0.398. The number of allylic oxidation sites excluding steroid dienone is 1. The van der Waals surface area contributed by atoms with Crippen LogP contribution in [0.25, 0.3) is 0 Å². The average molecular weight is 412 g/mol. The average Bonchev–Trinajstić information content (AvgIpc) is 2.80. The molecule has 0 aliphatic carbocycles. The SMILES string of the molecule is C=CC(=O)Cc1ccc(N(c2ccccc2)c2ccc(COC(=O)C(=C)C)cc2)cc1. The van der Waals surface area contributed by atoms with Crippen LogP contribution < -0.4 is 4.90 Å². The fourth-order valence-electron chi connectivity index (χ4n) is 3.07.